The van der Waals surface area contributed by atoms with E-state index in [1.807, 2.05) is 60.9 Å². The van der Waals surface area contributed by atoms with Crippen molar-refractivity contribution in [3.05, 3.63) is 54.1 Å². The van der Waals surface area contributed by atoms with Crippen LogP contribution in [0.1, 0.15) is 12.5 Å². The Kier molecular flexibility index (Phi) is 6.25. The van der Waals surface area contributed by atoms with E-state index in [0.29, 0.717) is 29.7 Å². The van der Waals surface area contributed by atoms with Crippen LogP contribution < -0.4 is 15.1 Å². The zero-order chi connectivity index (χ0) is 23.7. The summed E-state index contributed by atoms with van der Waals surface area (Å²) in [6, 6.07) is 15.4. The van der Waals surface area contributed by atoms with Crippen LogP contribution in [0.5, 0.6) is 0 Å². The van der Waals surface area contributed by atoms with Crippen molar-refractivity contribution < 1.29 is 14.3 Å². The monoisotopic (exact) mass is 478 g/mol. The SMILES string of the molecule is Cc1ccccc1-n1c(S[C@H](C)C(=O)N2CC(=O)Nc3ccccc32)nnc1N1CCOCC1. The molecule has 1 N–H and O–H groups in total. The number of para-hydroxylation sites is 3. The van der Waals surface area contributed by atoms with Gasteiger partial charge in [0.15, 0.2) is 5.16 Å². The van der Waals surface area contributed by atoms with Crippen LogP contribution in [-0.4, -0.2) is 64.7 Å². The lowest BCUT2D eigenvalue weighted by molar-refractivity contribution is -0.121. The van der Waals surface area contributed by atoms with E-state index in [0.717, 1.165) is 30.3 Å². The second kappa shape index (κ2) is 9.47. The Morgan fingerprint density at radius 3 is 2.53 bits per heavy atom. The van der Waals surface area contributed by atoms with Gasteiger partial charge >= 0.3 is 0 Å². The summed E-state index contributed by atoms with van der Waals surface area (Å²) in [5, 5.41) is 12.0. The van der Waals surface area contributed by atoms with Crippen molar-refractivity contribution in [2.75, 3.05) is 48.0 Å². The predicted octanol–water partition coefficient (Wildman–Crippen LogP) is 2.88. The van der Waals surface area contributed by atoms with E-state index in [9.17, 15) is 9.59 Å². The zero-order valence-electron chi connectivity index (χ0n) is 19.1. The largest absolute Gasteiger partial charge is 0.378 e. The molecule has 0 radical (unpaired) electrons. The first kappa shape index (κ1) is 22.4. The minimum Gasteiger partial charge on any atom is -0.378 e. The maximum Gasteiger partial charge on any atom is 0.244 e. The first-order chi connectivity index (χ1) is 16.5. The Balaban J connectivity index is 1.46. The average Bonchev–Trinajstić information content (AvgIpc) is 3.27. The fourth-order valence-corrected chi connectivity index (χ4v) is 5.11. The molecule has 3 heterocycles. The molecule has 2 aromatic carbocycles. The van der Waals surface area contributed by atoms with Crippen LogP contribution in [0.3, 0.4) is 0 Å². The highest BCUT2D eigenvalue weighted by molar-refractivity contribution is 8.00. The van der Waals surface area contributed by atoms with E-state index < -0.39 is 5.25 Å². The third-order valence-corrected chi connectivity index (χ3v) is 6.96. The summed E-state index contributed by atoms with van der Waals surface area (Å²) < 4.78 is 7.53. The number of anilines is 3. The third-order valence-electron chi connectivity index (χ3n) is 5.93. The highest BCUT2D eigenvalue weighted by Crippen LogP contribution is 2.34. The summed E-state index contributed by atoms with van der Waals surface area (Å²) in [4.78, 5) is 29.4. The smallest absolute Gasteiger partial charge is 0.244 e. The highest BCUT2D eigenvalue weighted by atomic mass is 32.2. The van der Waals surface area contributed by atoms with Gasteiger partial charge in [-0.2, -0.15) is 0 Å². The molecule has 0 bridgehead atoms. The maximum atomic E-state index is 13.5. The van der Waals surface area contributed by atoms with Crippen LogP contribution in [-0.2, 0) is 14.3 Å². The van der Waals surface area contributed by atoms with Crippen molar-refractivity contribution in [1.82, 2.24) is 14.8 Å². The fourth-order valence-electron chi connectivity index (χ4n) is 4.19. The van der Waals surface area contributed by atoms with E-state index in [1.54, 1.807) is 11.0 Å². The highest BCUT2D eigenvalue weighted by Gasteiger charge is 2.32. The zero-order valence-corrected chi connectivity index (χ0v) is 19.9. The molecule has 0 unspecified atom stereocenters. The number of hydrogen-bond acceptors (Lipinski definition) is 7. The Morgan fingerprint density at radius 2 is 1.76 bits per heavy atom. The molecule has 5 rings (SSSR count). The number of nitrogens with one attached hydrogen (secondary N) is 1. The summed E-state index contributed by atoms with van der Waals surface area (Å²) >= 11 is 1.34. The van der Waals surface area contributed by atoms with Crippen molar-refractivity contribution in [2.45, 2.75) is 24.3 Å². The predicted molar refractivity (Wildman–Crippen MR) is 132 cm³/mol. The normalized spacial score (nSPS) is 16.7. The Bertz CT molecular complexity index is 1220. The molecule has 0 saturated carbocycles. The summed E-state index contributed by atoms with van der Waals surface area (Å²) in [5.74, 6) is 0.379. The molecule has 3 aromatic rings. The summed E-state index contributed by atoms with van der Waals surface area (Å²) in [6.07, 6.45) is 0. The molecule has 1 aromatic heterocycles. The molecule has 2 aliphatic rings. The van der Waals surface area contributed by atoms with Gasteiger partial charge in [-0.1, -0.05) is 42.1 Å². The van der Waals surface area contributed by atoms with E-state index >= 15 is 0 Å². The second-order valence-electron chi connectivity index (χ2n) is 8.25. The van der Waals surface area contributed by atoms with E-state index in [1.165, 1.54) is 11.8 Å². The first-order valence-electron chi connectivity index (χ1n) is 11.2. The molecule has 10 heteroatoms. The van der Waals surface area contributed by atoms with Crippen LogP contribution in [0.4, 0.5) is 17.3 Å². The van der Waals surface area contributed by atoms with Gasteiger partial charge in [-0.25, -0.2) is 0 Å². The molecule has 2 aliphatic heterocycles. The average molecular weight is 479 g/mol. The van der Waals surface area contributed by atoms with Crippen molar-refractivity contribution in [2.24, 2.45) is 0 Å². The number of benzene rings is 2. The topological polar surface area (TPSA) is 92.6 Å². The molecule has 0 spiro atoms. The van der Waals surface area contributed by atoms with Crippen molar-refractivity contribution in [3.8, 4) is 5.69 Å². The lowest BCUT2D eigenvalue weighted by Gasteiger charge is -2.31. The molecule has 0 aliphatic carbocycles. The van der Waals surface area contributed by atoms with Gasteiger partial charge in [-0.3, -0.25) is 19.1 Å². The second-order valence-corrected chi connectivity index (χ2v) is 9.56. The number of morpholine rings is 1. The maximum absolute atomic E-state index is 13.5. The van der Waals surface area contributed by atoms with Gasteiger partial charge < -0.3 is 15.0 Å². The van der Waals surface area contributed by atoms with E-state index in [2.05, 4.69) is 20.4 Å². The number of carbonyl (C=O) groups is 2. The molecule has 176 valence electrons. The summed E-state index contributed by atoms with van der Waals surface area (Å²) in [6.45, 7) is 6.59. The fraction of sp³-hybridized carbons (Fsp3) is 0.333. The number of amides is 2. The van der Waals surface area contributed by atoms with Crippen LogP contribution in [0.15, 0.2) is 53.7 Å². The van der Waals surface area contributed by atoms with Crippen LogP contribution in [0, 0.1) is 6.92 Å². The molecular weight excluding hydrogens is 452 g/mol. The van der Waals surface area contributed by atoms with E-state index in [-0.39, 0.29) is 18.4 Å². The van der Waals surface area contributed by atoms with Gasteiger partial charge in [-0.05, 0) is 37.6 Å². The number of hydrogen-bond donors (Lipinski definition) is 1. The number of aromatic nitrogens is 3. The van der Waals surface area contributed by atoms with Gasteiger partial charge in [0, 0.05) is 13.1 Å². The van der Waals surface area contributed by atoms with Gasteiger partial charge in [0.2, 0.25) is 17.8 Å². The molecule has 1 saturated heterocycles. The Labute approximate surface area is 202 Å². The lowest BCUT2D eigenvalue weighted by Crippen LogP contribution is -2.45. The first-order valence-corrected chi connectivity index (χ1v) is 12.1. The minimum atomic E-state index is -0.483. The third kappa shape index (κ3) is 4.26. The number of fused-ring (bicyclic) bond motifs is 1. The molecule has 34 heavy (non-hydrogen) atoms. The number of carbonyl (C=O) groups excluding carboxylic acids is 2. The molecular formula is C24H26N6O3S. The molecule has 9 nitrogen and oxygen atoms in total. The van der Waals surface area contributed by atoms with Gasteiger partial charge in [-0.15, -0.1) is 10.2 Å². The number of rotatable bonds is 5. The Hall–Kier alpha value is -3.37. The molecule has 2 amide bonds. The number of thioether (sulfide) groups is 1. The van der Waals surface area contributed by atoms with Crippen LogP contribution >= 0.6 is 11.8 Å². The quantitative estimate of drug-likeness (QED) is 0.564. The lowest BCUT2D eigenvalue weighted by atomic mass is 10.2. The van der Waals surface area contributed by atoms with Gasteiger partial charge in [0.25, 0.3) is 0 Å². The number of nitrogens with zero attached hydrogens (tertiary/aromatic N) is 5. The van der Waals surface area contributed by atoms with E-state index in [4.69, 9.17) is 4.74 Å². The number of aryl methyl sites for hydroxylation is 1. The van der Waals surface area contributed by atoms with Crippen molar-refractivity contribution in [1.29, 1.82) is 0 Å². The standard InChI is InChI=1S/C24H26N6O3S/c1-16-7-3-5-9-19(16)30-23(28-11-13-33-14-12-28)26-27-24(30)34-17(2)22(32)29-15-21(31)25-18-8-4-6-10-20(18)29/h3-10,17H,11-15H2,1-2H3,(H,25,31)/t17-/m1/s1. The summed E-state index contributed by atoms with van der Waals surface area (Å²) in [5.41, 5.74) is 3.40. The molecule has 1 fully saturated rings. The summed E-state index contributed by atoms with van der Waals surface area (Å²) in [7, 11) is 0. The minimum absolute atomic E-state index is 0.00966. The number of ether oxygens (including phenoxy) is 1. The van der Waals surface area contributed by atoms with Crippen LogP contribution in [0.25, 0.3) is 5.69 Å². The van der Waals surface area contributed by atoms with Gasteiger partial charge in [0.1, 0.15) is 6.54 Å². The van der Waals surface area contributed by atoms with Crippen LogP contribution in [0.2, 0.25) is 0 Å². The molecule has 1 atom stereocenters. The van der Waals surface area contributed by atoms with Gasteiger partial charge in [0.05, 0.1) is 35.5 Å². The van der Waals surface area contributed by atoms with Crippen molar-refractivity contribution >= 4 is 40.9 Å². The van der Waals surface area contributed by atoms with Crippen molar-refractivity contribution in [3.63, 3.8) is 0 Å². The Morgan fingerprint density at radius 1 is 1.06 bits per heavy atom.